The quantitative estimate of drug-likeness (QED) is 0.781. The summed E-state index contributed by atoms with van der Waals surface area (Å²) in [6, 6.07) is 4.62. The number of carboxylic acids is 1. The summed E-state index contributed by atoms with van der Waals surface area (Å²) in [7, 11) is 0. The van der Waals surface area contributed by atoms with Gasteiger partial charge in [-0.1, -0.05) is 12.1 Å². The zero-order chi connectivity index (χ0) is 11.0. The molecule has 4 heteroatoms. The van der Waals surface area contributed by atoms with Gasteiger partial charge >= 0.3 is 5.97 Å². The van der Waals surface area contributed by atoms with Gasteiger partial charge in [0.1, 0.15) is 5.82 Å². The molecular formula is C11H12FNO2. The molecule has 15 heavy (non-hydrogen) atoms. The molecule has 2 atom stereocenters. The third-order valence-corrected chi connectivity index (χ3v) is 2.86. The first-order chi connectivity index (χ1) is 7.09. The van der Waals surface area contributed by atoms with Crippen LogP contribution in [0, 0.1) is 11.7 Å². The van der Waals surface area contributed by atoms with E-state index >= 15 is 0 Å². The number of benzene rings is 1. The summed E-state index contributed by atoms with van der Waals surface area (Å²) in [4.78, 5) is 10.8. The van der Waals surface area contributed by atoms with Gasteiger partial charge in [-0.05, 0) is 25.0 Å². The van der Waals surface area contributed by atoms with Gasteiger partial charge in [-0.25, -0.2) is 4.39 Å². The van der Waals surface area contributed by atoms with Crippen molar-refractivity contribution in [3.8, 4) is 0 Å². The average Bonchev–Trinajstić information content (AvgIpc) is 2.61. The lowest BCUT2D eigenvalue weighted by Crippen LogP contribution is -2.30. The lowest BCUT2D eigenvalue weighted by atomic mass is 9.99. The Kier molecular flexibility index (Phi) is 2.34. The van der Waals surface area contributed by atoms with E-state index in [4.69, 9.17) is 5.11 Å². The topological polar surface area (TPSA) is 49.3 Å². The van der Waals surface area contributed by atoms with Gasteiger partial charge in [-0.3, -0.25) is 4.79 Å². The molecule has 0 saturated carbocycles. The molecule has 0 amide bonds. The third kappa shape index (κ3) is 1.67. The highest BCUT2D eigenvalue weighted by Gasteiger charge is 2.30. The first-order valence-electron chi connectivity index (χ1n) is 4.86. The van der Waals surface area contributed by atoms with Crippen molar-refractivity contribution in [1.29, 1.82) is 0 Å². The molecule has 1 aliphatic heterocycles. The third-order valence-electron chi connectivity index (χ3n) is 2.86. The average molecular weight is 209 g/mol. The van der Waals surface area contributed by atoms with Gasteiger partial charge in [0, 0.05) is 6.04 Å². The molecule has 1 heterocycles. The van der Waals surface area contributed by atoms with Crippen molar-refractivity contribution >= 4 is 11.7 Å². The first kappa shape index (κ1) is 9.96. The lowest BCUT2D eigenvalue weighted by Gasteiger charge is -2.15. The summed E-state index contributed by atoms with van der Waals surface area (Å²) in [6.45, 7) is 1.63. The zero-order valence-corrected chi connectivity index (χ0v) is 8.33. The second kappa shape index (κ2) is 3.53. The van der Waals surface area contributed by atoms with Crippen molar-refractivity contribution in [2.45, 2.75) is 19.4 Å². The van der Waals surface area contributed by atoms with Gasteiger partial charge in [0.15, 0.2) is 0 Å². The molecule has 1 aliphatic rings. The van der Waals surface area contributed by atoms with E-state index in [1.165, 1.54) is 6.07 Å². The molecule has 2 unspecified atom stereocenters. The summed E-state index contributed by atoms with van der Waals surface area (Å²) >= 11 is 0. The molecule has 1 aromatic carbocycles. The Hall–Kier alpha value is -1.58. The minimum absolute atomic E-state index is 0.214. The fraction of sp³-hybridized carbons (Fsp3) is 0.364. The Morgan fingerprint density at radius 2 is 2.40 bits per heavy atom. The number of rotatable bonds is 2. The predicted octanol–water partition coefficient (Wildman–Crippen LogP) is 1.88. The van der Waals surface area contributed by atoms with Crippen LogP contribution in [0.5, 0.6) is 0 Å². The van der Waals surface area contributed by atoms with Crippen LogP contribution >= 0.6 is 0 Å². The van der Waals surface area contributed by atoms with Crippen molar-refractivity contribution in [2.75, 3.05) is 5.32 Å². The second-order valence-corrected chi connectivity index (χ2v) is 3.86. The molecule has 80 valence electrons. The molecule has 2 N–H and O–H groups in total. The lowest BCUT2D eigenvalue weighted by molar-refractivity contribution is -0.141. The molecule has 1 aromatic rings. The van der Waals surface area contributed by atoms with Gasteiger partial charge < -0.3 is 10.4 Å². The zero-order valence-electron chi connectivity index (χ0n) is 8.33. The Labute approximate surface area is 86.9 Å². The largest absolute Gasteiger partial charge is 0.481 e. The number of halogens is 1. The number of carboxylic acid groups (broad SMARTS) is 1. The highest BCUT2D eigenvalue weighted by Crippen LogP contribution is 2.31. The van der Waals surface area contributed by atoms with Crippen molar-refractivity contribution < 1.29 is 14.3 Å². The van der Waals surface area contributed by atoms with E-state index in [0.29, 0.717) is 12.1 Å². The number of hydrogen-bond donors (Lipinski definition) is 2. The summed E-state index contributed by atoms with van der Waals surface area (Å²) in [5.74, 6) is -1.69. The normalized spacial score (nSPS) is 20.5. The van der Waals surface area contributed by atoms with Crippen LogP contribution in [0.3, 0.4) is 0 Å². The summed E-state index contributed by atoms with van der Waals surface area (Å²) in [6.07, 6.45) is 0.570. The minimum Gasteiger partial charge on any atom is -0.481 e. The molecule has 3 nitrogen and oxygen atoms in total. The van der Waals surface area contributed by atoms with Crippen molar-refractivity contribution in [3.63, 3.8) is 0 Å². The van der Waals surface area contributed by atoms with E-state index in [0.717, 1.165) is 5.56 Å². The molecule has 0 radical (unpaired) electrons. The second-order valence-electron chi connectivity index (χ2n) is 3.86. The van der Waals surface area contributed by atoms with Crippen LogP contribution in [-0.4, -0.2) is 17.1 Å². The fourth-order valence-electron chi connectivity index (χ4n) is 1.85. The van der Waals surface area contributed by atoms with E-state index in [1.54, 1.807) is 13.0 Å². The van der Waals surface area contributed by atoms with Crippen LogP contribution in [0.15, 0.2) is 18.2 Å². The van der Waals surface area contributed by atoms with E-state index in [1.807, 2.05) is 6.07 Å². The molecule has 0 saturated heterocycles. The number of aliphatic carboxylic acids is 1. The van der Waals surface area contributed by atoms with Crippen LogP contribution in [0.1, 0.15) is 12.5 Å². The molecule has 0 aliphatic carbocycles. The van der Waals surface area contributed by atoms with E-state index in [9.17, 15) is 9.18 Å². The Morgan fingerprint density at radius 1 is 1.67 bits per heavy atom. The van der Waals surface area contributed by atoms with Crippen LogP contribution in [0.4, 0.5) is 10.1 Å². The fourth-order valence-corrected chi connectivity index (χ4v) is 1.85. The smallest absolute Gasteiger partial charge is 0.308 e. The monoisotopic (exact) mass is 209 g/mol. The maximum Gasteiger partial charge on any atom is 0.308 e. The van der Waals surface area contributed by atoms with Crippen molar-refractivity contribution in [1.82, 2.24) is 0 Å². The molecule has 0 fully saturated rings. The molecule has 2 rings (SSSR count). The van der Waals surface area contributed by atoms with Gasteiger partial charge in [0.2, 0.25) is 0 Å². The van der Waals surface area contributed by atoms with Crippen LogP contribution in [-0.2, 0) is 11.2 Å². The van der Waals surface area contributed by atoms with Crippen LogP contribution < -0.4 is 5.32 Å². The van der Waals surface area contributed by atoms with E-state index in [-0.39, 0.29) is 11.9 Å². The number of anilines is 1. The van der Waals surface area contributed by atoms with E-state index < -0.39 is 11.9 Å². The van der Waals surface area contributed by atoms with Gasteiger partial charge in [-0.15, -0.1) is 0 Å². The SMILES string of the molecule is CC(C(=O)O)C1Cc2cccc(F)c2N1. The first-order valence-corrected chi connectivity index (χ1v) is 4.86. The molecule has 0 bridgehead atoms. The highest BCUT2D eigenvalue weighted by molar-refractivity contribution is 5.72. The Bertz CT molecular complexity index is 406. The summed E-state index contributed by atoms with van der Waals surface area (Å²) in [5.41, 5.74) is 1.31. The molecule has 0 spiro atoms. The number of carbonyl (C=O) groups is 1. The van der Waals surface area contributed by atoms with Crippen molar-refractivity contribution in [2.24, 2.45) is 5.92 Å². The van der Waals surface area contributed by atoms with E-state index in [2.05, 4.69) is 5.32 Å². The van der Waals surface area contributed by atoms with Gasteiger partial charge in [-0.2, -0.15) is 0 Å². The summed E-state index contributed by atoms with van der Waals surface area (Å²) < 4.78 is 13.3. The van der Waals surface area contributed by atoms with Crippen LogP contribution in [0.2, 0.25) is 0 Å². The maximum absolute atomic E-state index is 13.3. The van der Waals surface area contributed by atoms with Gasteiger partial charge in [0.05, 0.1) is 11.6 Å². The number of nitrogens with one attached hydrogen (secondary N) is 1. The Balaban J connectivity index is 2.23. The van der Waals surface area contributed by atoms with Crippen molar-refractivity contribution in [3.05, 3.63) is 29.6 Å². The summed E-state index contributed by atoms with van der Waals surface area (Å²) in [5, 5.41) is 11.8. The molecular weight excluding hydrogens is 197 g/mol. The number of hydrogen-bond acceptors (Lipinski definition) is 2. The number of fused-ring (bicyclic) bond motifs is 1. The standard InChI is InChI=1S/C11H12FNO2/c1-6(11(14)15)9-5-7-3-2-4-8(12)10(7)13-9/h2-4,6,9,13H,5H2,1H3,(H,14,15). The highest BCUT2D eigenvalue weighted by atomic mass is 19.1. The number of para-hydroxylation sites is 1. The Morgan fingerprint density at radius 3 is 3.00 bits per heavy atom. The minimum atomic E-state index is -0.860. The molecule has 0 aromatic heterocycles. The predicted molar refractivity (Wildman–Crippen MR) is 54.3 cm³/mol. The maximum atomic E-state index is 13.3. The van der Waals surface area contributed by atoms with Crippen LogP contribution in [0.25, 0.3) is 0 Å². The van der Waals surface area contributed by atoms with Gasteiger partial charge in [0.25, 0.3) is 0 Å².